The van der Waals surface area contributed by atoms with Gasteiger partial charge in [0, 0.05) is 18.0 Å². The summed E-state index contributed by atoms with van der Waals surface area (Å²) in [5.74, 6) is 0.561. The zero-order valence-corrected chi connectivity index (χ0v) is 16.6. The van der Waals surface area contributed by atoms with Crippen molar-refractivity contribution in [2.45, 2.75) is 54.4 Å². The summed E-state index contributed by atoms with van der Waals surface area (Å²) in [5, 5.41) is 21.8. The number of carbonyl (C=O) groups excluding carboxylic acids is 1. The van der Waals surface area contributed by atoms with E-state index in [1.54, 1.807) is 6.07 Å². The number of piperidine rings is 1. The number of halogens is 3. The number of likely N-dealkylation sites (tertiary alicyclic amines) is 1. The second-order valence-electron chi connectivity index (χ2n) is 8.18. The molecular weight excluding hydrogens is 431 g/mol. The molecule has 1 aromatic carbocycles. The first kappa shape index (κ1) is 21.3. The maximum atomic E-state index is 12.5. The molecule has 0 unspecified atom stereocenters. The summed E-state index contributed by atoms with van der Waals surface area (Å²) in [6.07, 6.45) is 1.61. The molecular formula is C18H20F3NO7S. The first-order valence-electron chi connectivity index (χ1n) is 9.25. The number of phenolic OH excluding ortho intramolecular Hbond substituents is 1. The molecule has 4 atom stereocenters. The third-order valence-electron chi connectivity index (χ3n) is 6.82. The van der Waals surface area contributed by atoms with Gasteiger partial charge in [0.25, 0.3) is 0 Å². The van der Waals surface area contributed by atoms with Crippen LogP contribution in [0.3, 0.4) is 0 Å². The fourth-order valence-corrected chi connectivity index (χ4v) is 5.54. The molecule has 3 N–H and O–H groups in total. The Balaban J connectivity index is 0.000000235. The number of nitrogens with zero attached hydrogens (tertiary/aromatic N) is 1. The Bertz CT molecular complexity index is 1030. The second kappa shape index (κ2) is 6.31. The number of aliphatic hydroxyl groups is 1. The molecule has 0 amide bonds. The fraction of sp³-hybridized carbons (Fsp3) is 0.611. The first-order valence-corrected chi connectivity index (χ1v) is 10.7. The Morgan fingerprint density at radius 2 is 1.90 bits per heavy atom. The van der Waals surface area contributed by atoms with Crippen molar-refractivity contribution in [3.05, 3.63) is 23.3 Å². The second-order valence-corrected chi connectivity index (χ2v) is 9.59. The van der Waals surface area contributed by atoms with E-state index in [9.17, 15) is 28.2 Å². The lowest BCUT2D eigenvalue weighted by Crippen LogP contribution is -2.76. The van der Waals surface area contributed by atoms with Gasteiger partial charge in [-0.2, -0.15) is 21.6 Å². The summed E-state index contributed by atoms with van der Waals surface area (Å²) in [7, 11) is -3.80. The predicted octanol–water partition coefficient (Wildman–Crippen LogP) is 1.14. The van der Waals surface area contributed by atoms with Crippen LogP contribution in [0.2, 0.25) is 0 Å². The highest BCUT2D eigenvalue weighted by Crippen LogP contribution is 2.64. The first-order chi connectivity index (χ1) is 13.7. The van der Waals surface area contributed by atoms with Gasteiger partial charge in [0.2, 0.25) is 0 Å². The molecule has 2 heterocycles. The number of ether oxygens (including phenoxy) is 1. The van der Waals surface area contributed by atoms with E-state index in [0.717, 1.165) is 24.1 Å². The van der Waals surface area contributed by atoms with Crippen molar-refractivity contribution in [2.24, 2.45) is 0 Å². The third-order valence-corrected chi connectivity index (χ3v) is 7.40. The number of benzene rings is 1. The minimum Gasteiger partial charge on any atom is -0.504 e. The van der Waals surface area contributed by atoms with Crippen LogP contribution in [0.5, 0.6) is 11.5 Å². The normalized spacial score (nSPS) is 34.5. The van der Waals surface area contributed by atoms with E-state index in [0.29, 0.717) is 25.0 Å². The maximum absolute atomic E-state index is 12.5. The molecule has 12 heteroatoms. The molecule has 166 valence electrons. The van der Waals surface area contributed by atoms with Gasteiger partial charge in [-0.3, -0.25) is 9.35 Å². The average Bonchev–Trinajstić information content (AvgIpc) is 2.98. The van der Waals surface area contributed by atoms with Gasteiger partial charge in [-0.15, -0.1) is 0 Å². The van der Waals surface area contributed by atoms with E-state index >= 15 is 0 Å². The summed E-state index contributed by atoms with van der Waals surface area (Å²) in [4.78, 5) is 14.7. The molecule has 4 aliphatic rings. The van der Waals surface area contributed by atoms with Gasteiger partial charge >= 0.3 is 15.6 Å². The molecule has 5 rings (SSSR count). The largest absolute Gasteiger partial charge is 0.522 e. The van der Waals surface area contributed by atoms with Gasteiger partial charge in [-0.1, -0.05) is 6.07 Å². The molecule has 0 aromatic heterocycles. The summed E-state index contributed by atoms with van der Waals surface area (Å²) < 4.78 is 63.5. The van der Waals surface area contributed by atoms with Crippen molar-refractivity contribution in [3.63, 3.8) is 0 Å². The average molecular weight is 451 g/mol. The summed E-state index contributed by atoms with van der Waals surface area (Å²) in [5.41, 5.74) is -5.16. The summed E-state index contributed by atoms with van der Waals surface area (Å²) >= 11 is 0. The minimum absolute atomic E-state index is 0.00319. The fourth-order valence-electron chi connectivity index (χ4n) is 5.54. The highest BCUT2D eigenvalue weighted by Gasteiger charge is 2.72. The number of hydrogen-bond donors (Lipinski definition) is 3. The van der Waals surface area contributed by atoms with Gasteiger partial charge in [0.05, 0.1) is 11.0 Å². The van der Waals surface area contributed by atoms with Crippen LogP contribution in [-0.4, -0.2) is 70.7 Å². The number of likely N-dealkylation sites (N-methyl/N-ethyl adjacent to an activating group) is 1. The van der Waals surface area contributed by atoms with Gasteiger partial charge in [0.1, 0.15) is 0 Å². The van der Waals surface area contributed by atoms with Crippen molar-refractivity contribution in [1.82, 2.24) is 4.90 Å². The van der Waals surface area contributed by atoms with Crippen LogP contribution in [0.15, 0.2) is 12.1 Å². The monoisotopic (exact) mass is 451 g/mol. The Morgan fingerprint density at radius 1 is 1.27 bits per heavy atom. The molecule has 1 saturated carbocycles. The predicted molar refractivity (Wildman–Crippen MR) is 95.7 cm³/mol. The molecule has 2 fully saturated rings. The van der Waals surface area contributed by atoms with Crippen LogP contribution in [0.1, 0.15) is 30.4 Å². The number of rotatable bonds is 0. The van der Waals surface area contributed by atoms with E-state index in [-0.39, 0.29) is 17.6 Å². The molecule has 8 nitrogen and oxygen atoms in total. The highest BCUT2D eigenvalue weighted by atomic mass is 32.2. The maximum Gasteiger partial charge on any atom is 0.522 e. The van der Waals surface area contributed by atoms with Crippen LogP contribution < -0.4 is 4.74 Å². The molecule has 2 aliphatic heterocycles. The van der Waals surface area contributed by atoms with Crippen molar-refractivity contribution < 1.29 is 45.9 Å². The zero-order valence-electron chi connectivity index (χ0n) is 15.8. The number of ketones is 1. The lowest BCUT2D eigenvalue weighted by atomic mass is 9.49. The summed E-state index contributed by atoms with van der Waals surface area (Å²) in [6.45, 7) is 0.828. The van der Waals surface area contributed by atoms with Gasteiger partial charge in [0.15, 0.2) is 23.4 Å². The van der Waals surface area contributed by atoms with Crippen LogP contribution in [0, 0.1) is 0 Å². The Morgan fingerprint density at radius 3 is 2.50 bits per heavy atom. The molecule has 0 radical (unpaired) electrons. The number of Topliss-reactive ketones (excluding diaryl/α,β-unsaturated/α-hetero) is 1. The smallest absolute Gasteiger partial charge is 0.504 e. The van der Waals surface area contributed by atoms with Crippen molar-refractivity contribution >= 4 is 15.9 Å². The van der Waals surface area contributed by atoms with Gasteiger partial charge in [-0.05, 0) is 44.5 Å². The summed E-state index contributed by atoms with van der Waals surface area (Å²) in [6, 6.07) is 3.57. The van der Waals surface area contributed by atoms with Crippen LogP contribution in [-0.2, 0) is 26.7 Å². The lowest BCUT2D eigenvalue weighted by molar-refractivity contribution is -0.185. The van der Waals surface area contributed by atoms with Crippen LogP contribution >= 0.6 is 0 Å². The van der Waals surface area contributed by atoms with Crippen molar-refractivity contribution in [2.75, 3.05) is 13.6 Å². The van der Waals surface area contributed by atoms with E-state index in [1.807, 2.05) is 13.1 Å². The number of carbonyl (C=O) groups is 1. The van der Waals surface area contributed by atoms with Crippen molar-refractivity contribution in [3.8, 4) is 11.5 Å². The van der Waals surface area contributed by atoms with Crippen LogP contribution in [0.4, 0.5) is 13.2 Å². The van der Waals surface area contributed by atoms with E-state index < -0.39 is 32.7 Å². The molecule has 30 heavy (non-hydrogen) atoms. The van der Waals surface area contributed by atoms with Crippen molar-refractivity contribution in [1.29, 1.82) is 0 Å². The quantitative estimate of drug-likeness (QED) is 0.396. The zero-order chi connectivity index (χ0) is 22.3. The molecule has 1 spiro atoms. The van der Waals surface area contributed by atoms with E-state index in [1.165, 1.54) is 0 Å². The van der Waals surface area contributed by atoms with Gasteiger partial charge in [-0.25, -0.2) is 0 Å². The number of hydrogen-bond acceptors (Lipinski definition) is 7. The SMILES string of the molecule is CN1CC[C@]23c4c5ccc(O)c4O[C@H]2C(=O)CC[C@@]3(O)[C@H]1C5.O=S(=O)(O)C(F)(F)F. The topological polar surface area (TPSA) is 124 Å². The lowest BCUT2D eigenvalue weighted by Gasteiger charge is -2.61. The molecule has 1 aromatic rings. The number of aromatic hydroxyl groups is 1. The molecule has 1 saturated heterocycles. The standard InChI is InChI=1S/C17H19NO4.CHF3O3S/c1-18-7-6-16-13-9-2-3-10(19)14(13)22-15(16)11(20)4-5-17(16,21)12(18)8-9;2-1(3,4)8(5,6)7/h2-3,12,15,19,21H,4-8H2,1H3;(H,5,6,7)/t12-,15+,16+,17-;/m1./s1. The highest BCUT2D eigenvalue weighted by molar-refractivity contribution is 7.86. The number of alkyl halides is 3. The molecule has 2 bridgehead atoms. The third kappa shape index (κ3) is 2.63. The van der Waals surface area contributed by atoms with Gasteiger partial charge < -0.3 is 19.8 Å². The Labute approximate surface area is 170 Å². The van der Waals surface area contributed by atoms with E-state index in [4.69, 9.17) is 17.7 Å². The minimum atomic E-state index is -5.84. The van der Waals surface area contributed by atoms with Crippen LogP contribution in [0.25, 0.3) is 0 Å². The van der Waals surface area contributed by atoms with E-state index in [2.05, 4.69) is 4.90 Å². The molecule has 2 aliphatic carbocycles. The Hall–Kier alpha value is -1.89. The Kier molecular flexibility index (Phi) is 4.49. The number of phenols is 1.